The van der Waals surface area contributed by atoms with Crippen LogP contribution in [0.1, 0.15) is 37.9 Å². The second-order valence-corrected chi connectivity index (χ2v) is 4.79. The summed E-state index contributed by atoms with van der Waals surface area (Å²) >= 11 is 0. The van der Waals surface area contributed by atoms with Gasteiger partial charge >= 0.3 is 0 Å². The largest absolute Gasteiger partial charge is 0.394 e. The Balaban J connectivity index is 2.15. The van der Waals surface area contributed by atoms with Crippen molar-refractivity contribution >= 4 is 5.69 Å². The minimum Gasteiger partial charge on any atom is -0.394 e. The van der Waals surface area contributed by atoms with Crippen LogP contribution in [0.3, 0.4) is 0 Å². The molecule has 2 rings (SSSR count). The summed E-state index contributed by atoms with van der Waals surface area (Å²) in [7, 11) is 0. The molecule has 1 aliphatic rings. The second kappa shape index (κ2) is 5.52. The molecule has 17 heavy (non-hydrogen) atoms. The van der Waals surface area contributed by atoms with Gasteiger partial charge in [-0.3, -0.25) is 0 Å². The highest BCUT2D eigenvalue weighted by molar-refractivity contribution is 5.49. The van der Waals surface area contributed by atoms with Gasteiger partial charge in [0.1, 0.15) is 0 Å². The van der Waals surface area contributed by atoms with Gasteiger partial charge in [-0.1, -0.05) is 12.1 Å². The summed E-state index contributed by atoms with van der Waals surface area (Å²) in [6, 6.07) is 8.25. The van der Waals surface area contributed by atoms with Crippen molar-refractivity contribution < 1.29 is 10.2 Å². The fourth-order valence-electron chi connectivity index (χ4n) is 2.47. The van der Waals surface area contributed by atoms with Gasteiger partial charge in [-0.25, -0.2) is 0 Å². The molecule has 2 atom stereocenters. The average Bonchev–Trinajstić information content (AvgIpc) is 2.39. The first-order valence-corrected chi connectivity index (χ1v) is 6.38. The Kier molecular flexibility index (Phi) is 4.02. The van der Waals surface area contributed by atoms with Crippen LogP contribution in [0.2, 0.25) is 0 Å². The molecule has 1 fully saturated rings. The molecule has 1 aliphatic heterocycles. The van der Waals surface area contributed by atoms with Crippen LogP contribution in [0.4, 0.5) is 5.69 Å². The summed E-state index contributed by atoms with van der Waals surface area (Å²) in [5.74, 6) is 0. The zero-order valence-corrected chi connectivity index (χ0v) is 10.3. The number of hydrogen-bond donors (Lipinski definition) is 2. The van der Waals surface area contributed by atoms with Crippen LogP contribution in [0, 0.1) is 0 Å². The Hall–Kier alpha value is -1.06. The highest BCUT2D eigenvalue weighted by Gasteiger charge is 2.21. The molecule has 0 amide bonds. The van der Waals surface area contributed by atoms with E-state index in [9.17, 15) is 10.2 Å². The number of nitrogens with zero attached hydrogens (tertiary/aromatic N) is 1. The summed E-state index contributed by atoms with van der Waals surface area (Å²) in [6.45, 7) is 3.00. The molecular formula is C14H21NO2. The number of anilines is 1. The molecule has 1 saturated heterocycles. The van der Waals surface area contributed by atoms with Gasteiger partial charge in [0.05, 0.1) is 18.8 Å². The van der Waals surface area contributed by atoms with Crippen LogP contribution >= 0.6 is 0 Å². The van der Waals surface area contributed by atoms with Crippen molar-refractivity contribution in [3.8, 4) is 0 Å². The molecular weight excluding hydrogens is 214 g/mol. The summed E-state index contributed by atoms with van der Waals surface area (Å²) in [4.78, 5) is 2.27. The van der Waals surface area contributed by atoms with E-state index in [0.717, 1.165) is 24.2 Å². The number of piperidine rings is 1. The predicted molar refractivity (Wildman–Crippen MR) is 69.1 cm³/mol. The normalized spacial score (nSPS) is 22.5. The van der Waals surface area contributed by atoms with Gasteiger partial charge in [0, 0.05) is 12.2 Å². The molecule has 1 aromatic rings. The fraction of sp³-hybridized carbons (Fsp3) is 0.571. The van der Waals surface area contributed by atoms with Crippen molar-refractivity contribution in [2.75, 3.05) is 18.1 Å². The lowest BCUT2D eigenvalue weighted by atomic mass is 10.0. The number of aliphatic hydroxyl groups is 2. The number of aliphatic hydroxyl groups excluding tert-OH is 2. The maximum atomic E-state index is 9.47. The van der Waals surface area contributed by atoms with E-state index in [2.05, 4.69) is 4.90 Å². The van der Waals surface area contributed by atoms with Crippen molar-refractivity contribution in [1.82, 2.24) is 0 Å². The van der Waals surface area contributed by atoms with Crippen LogP contribution in [0.15, 0.2) is 24.3 Å². The third-order valence-electron chi connectivity index (χ3n) is 3.55. The van der Waals surface area contributed by atoms with E-state index in [-0.39, 0.29) is 12.6 Å². The Morgan fingerprint density at radius 1 is 1.29 bits per heavy atom. The summed E-state index contributed by atoms with van der Waals surface area (Å²) in [5, 5.41) is 18.9. The van der Waals surface area contributed by atoms with E-state index >= 15 is 0 Å². The van der Waals surface area contributed by atoms with Gasteiger partial charge in [-0.05, 0) is 43.9 Å². The molecule has 0 aliphatic carbocycles. The lowest BCUT2D eigenvalue weighted by molar-refractivity contribution is 0.199. The molecule has 2 N–H and O–H groups in total. The third-order valence-corrected chi connectivity index (χ3v) is 3.55. The van der Waals surface area contributed by atoms with Crippen molar-refractivity contribution in [1.29, 1.82) is 0 Å². The zero-order valence-electron chi connectivity index (χ0n) is 10.3. The number of rotatable bonds is 3. The molecule has 0 bridgehead atoms. The van der Waals surface area contributed by atoms with E-state index in [0.29, 0.717) is 0 Å². The highest BCUT2D eigenvalue weighted by Crippen LogP contribution is 2.25. The molecule has 1 heterocycles. The highest BCUT2D eigenvalue weighted by atomic mass is 16.3. The van der Waals surface area contributed by atoms with Gasteiger partial charge < -0.3 is 15.1 Å². The molecule has 0 spiro atoms. The molecule has 94 valence electrons. The lowest BCUT2D eigenvalue weighted by Gasteiger charge is -2.36. The van der Waals surface area contributed by atoms with Crippen LogP contribution in [-0.2, 0) is 0 Å². The molecule has 2 unspecified atom stereocenters. The Bertz CT molecular complexity index is 348. The number of benzene rings is 1. The maximum absolute atomic E-state index is 9.47. The fourth-order valence-corrected chi connectivity index (χ4v) is 2.47. The summed E-state index contributed by atoms with van der Waals surface area (Å²) < 4.78 is 0. The van der Waals surface area contributed by atoms with Crippen LogP contribution < -0.4 is 4.90 Å². The van der Waals surface area contributed by atoms with Gasteiger partial charge in [0.25, 0.3) is 0 Å². The van der Waals surface area contributed by atoms with E-state index in [1.54, 1.807) is 6.92 Å². The Morgan fingerprint density at radius 2 is 2.00 bits per heavy atom. The quantitative estimate of drug-likeness (QED) is 0.843. The third kappa shape index (κ3) is 2.79. The topological polar surface area (TPSA) is 43.7 Å². The minimum atomic E-state index is -0.418. The molecule has 0 saturated carbocycles. The smallest absolute Gasteiger partial charge is 0.0761 e. The van der Waals surface area contributed by atoms with E-state index in [4.69, 9.17) is 0 Å². The van der Waals surface area contributed by atoms with E-state index < -0.39 is 6.10 Å². The standard InChI is InChI=1S/C14H21NO2/c1-11(17)12-5-7-13(8-6-12)15-9-3-2-4-14(15)10-16/h5-8,11,14,16-17H,2-4,9-10H2,1H3. The Morgan fingerprint density at radius 3 is 2.59 bits per heavy atom. The number of hydrogen-bond acceptors (Lipinski definition) is 3. The first-order chi connectivity index (χ1) is 8.22. The van der Waals surface area contributed by atoms with Crippen LogP contribution in [-0.4, -0.2) is 29.4 Å². The second-order valence-electron chi connectivity index (χ2n) is 4.79. The van der Waals surface area contributed by atoms with Crippen molar-refractivity contribution in [3.63, 3.8) is 0 Å². The van der Waals surface area contributed by atoms with Gasteiger partial charge in [-0.2, -0.15) is 0 Å². The minimum absolute atomic E-state index is 0.220. The molecule has 0 radical (unpaired) electrons. The SMILES string of the molecule is CC(O)c1ccc(N2CCCCC2CO)cc1. The van der Waals surface area contributed by atoms with E-state index in [1.807, 2.05) is 24.3 Å². The van der Waals surface area contributed by atoms with E-state index in [1.165, 1.54) is 12.8 Å². The Labute approximate surface area is 103 Å². The predicted octanol–water partition coefficient (Wildman–Crippen LogP) is 2.09. The molecule has 1 aromatic carbocycles. The van der Waals surface area contributed by atoms with Crippen LogP contribution in [0.5, 0.6) is 0 Å². The first-order valence-electron chi connectivity index (χ1n) is 6.38. The first kappa shape index (κ1) is 12.4. The molecule has 3 nitrogen and oxygen atoms in total. The van der Waals surface area contributed by atoms with Crippen LogP contribution in [0.25, 0.3) is 0 Å². The summed E-state index contributed by atoms with van der Waals surface area (Å²) in [5.41, 5.74) is 2.08. The van der Waals surface area contributed by atoms with Crippen molar-refractivity contribution in [3.05, 3.63) is 29.8 Å². The maximum Gasteiger partial charge on any atom is 0.0761 e. The average molecular weight is 235 g/mol. The van der Waals surface area contributed by atoms with Crippen molar-refractivity contribution in [2.45, 2.75) is 38.3 Å². The van der Waals surface area contributed by atoms with Gasteiger partial charge in [0.2, 0.25) is 0 Å². The molecule has 3 heteroatoms. The van der Waals surface area contributed by atoms with Gasteiger partial charge in [-0.15, -0.1) is 0 Å². The zero-order chi connectivity index (χ0) is 12.3. The van der Waals surface area contributed by atoms with Gasteiger partial charge in [0.15, 0.2) is 0 Å². The van der Waals surface area contributed by atoms with Crippen molar-refractivity contribution in [2.24, 2.45) is 0 Å². The lowest BCUT2D eigenvalue weighted by Crippen LogP contribution is -2.41. The monoisotopic (exact) mass is 235 g/mol. The summed E-state index contributed by atoms with van der Waals surface area (Å²) in [6.07, 6.45) is 3.04. The molecule has 0 aromatic heterocycles.